The van der Waals surface area contributed by atoms with E-state index in [0.29, 0.717) is 16.8 Å². The fraction of sp³-hybridized carbons (Fsp3) is 0. The average Bonchev–Trinajstić information content (AvgIpc) is 2.75. The first-order chi connectivity index (χ1) is 10.2. The number of rotatable bonds is 3. The molecule has 3 rings (SSSR count). The molecule has 1 aromatic carbocycles. The van der Waals surface area contributed by atoms with Crippen molar-refractivity contribution in [2.75, 3.05) is 0 Å². The third kappa shape index (κ3) is 2.32. The first-order valence-electron chi connectivity index (χ1n) is 6.02. The molecule has 0 fully saturated rings. The summed E-state index contributed by atoms with van der Waals surface area (Å²) in [5, 5.41) is 18.4. The van der Waals surface area contributed by atoms with Gasteiger partial charge in [0.25, 0.3) is 5.69 Å². The number of benzene rings is 1. The van der Waals surface area contributed by atoms with E-state index in [0.717, 1.165) is 0 Å². The standard InChI is InChI=1S/C14H8N4O3/c19-14(9-1-3-10(4-2-9)18(20)21)13-11-5-7-15-8-6-12(11)16-17-13/h1-8H. The Hall–Kier alpha value is -3.22. The summed E-state index contributed by atoms with van der Waals surface area (Å²) in [6.45, 7) is 0. The summed E-state index contributed by atoms with van der Waals surface area (Å²) in [6.07, 6.45) is 3.12. The van der Waals surface area contributed by atoms with E-state index in [1.807, 2.05) is 0 Å². The van der Waals surface area contributed by atoms with Gasteiger partial charge in [0.2, 0.25) is 5.78 Å². The SMILES string of the molecule is O=C(c1ccc([N+](=O)[O-])cc1)c1nnc2ccnccc1-2. The van der Waals surface area contributed by atoms with Crippen LogP contribution in [0.3, 0.4) is 0 Å². The first-order valence-corrected chi connectivity index (χ1v) is 6.02. The van der Waals surface area contributed by atoms with Crippen LogP contribution in [0.2, 0.25) is 0 Å². The number of nitro groups is 1. The van der Waals surface area contributed by atoms with Crippen molar-refractivity contribution in [2.45, 2.75) is 0 Å². The fourth-order valence-corrected chi connectivity index (χ4v) is 1.94. The molecular weight excluding hydrogens is 272 g/mol. The Kier molecular flexibility index (Phi) is 3.07. The molecule has 0 aliphatic carbocycles. The Morgan fingerprint density at radius 3 is 2.43 bits per heavy atom. The van der Waals surface area contributed by atoms with Gasteiger partial charge in [0.05, 0.1) is 10.6 Å². The molecule has 0 atom stereocenters. The van der Waals surface area contributed by atoms with Crippen molar-refractivity contribution >= 4 is 11.5 Å². The Balaban J connectivity index is 2.00. The molecule has 7 heteroatoms. The van der Waals surface area contributed by atoms with Crippen molar-refractivity contribution in [3.63, 3.8) is 0 Å². The normalized spacial score (nSPS) is 10.5. The van der Waals surface area contributed by atoms with Gasteiger partial charge in [-0.1, -0.05) is 0 Å². The largest absolute Gasteiger partial charge is 0.287 e. The highest BCUT2D eigenvalue weighted by atomic mass is 16.6. The molecule has 0 saturated heterocycles. The van der Waals surface area contributed by atoms with Crippen LogP contribution < -0.4 is 0 Å². The molecule has 1 aromatic rings. The third-order valence-corrected chi connectivity index (χ3v) is 2.99. The molecule has 0 unspecified atom stereocenters. The lowest BCUT2D eigenvalue weighted by Crippen LogP contribution is -2.03. The van der Waals surface area contributed by atoms with E-state index in [1.165, 1.54) is 24.3 Å². The van der Waals surface area contributed by atoms with Crippen molar-refractivity contribution in [3.8, 4) is 11.3 Å². The summed E-state index contributed by atoms with van der Waals surface area (Å²) >= 11 is 0. The molecular formula is C14H8N4O3. The van der Waals surface area contributed by atoms with Crippen LogP contribution in [0, 0.1) is 10.1 Å². The van der Waals surface area contributed by atoms with E-state index >= 15 is 0 Å². The van der Waals surface area contributed by atoms with E-state index in [-0.39, 0.29) is 17.2 Å². The highest BCUT2D eigenvalue weighted by Crippen LogP contribution is 2.24. The van der Waals surface area contributed by atoms with Crippen molar-refractivity contribution in [1.82, 2.24) is 15.2 Å². The van der Waals surface area contributed by atoms with Gasteiger partial charge in [-0.15, -0.1) is 10.2 Å². The van der Waals surface area contributed by atoms with Crippen LogP contribution in [-0.4, -0.2) is 25.9 Å². The second kappa shape index (κ2) is 5.04. The minimum Gasteiger partial charge on any atom is -0.287 e. The third-order valence-electron chi connectivity index (χ3n) is 2.99. The quantitative estimate of drug-likeness (QED) is 0.414. The monoisotopic (exact) mass is 280 g/mol. The van der Waals surface area contributed by atoms with Gasteiger partial charge >= 0.3 is 0 Å². The highest BCUT2D eigenvalue weighted by Gasteiger charge is 2.20. The molecule has 0 radical (unpaired) electrons. The lowest BCUT2D eigenvalue weighted by Gasteiger charge is -1.99. The van der Waals surface area contributed by atoms with Gasteiger partial charge in [0.15, 0.2) is 0 Å². The Morgan fingerprint density at radius 1 is 1.00 bits per heavy atom. The molecule has 2 aliphatic rings. The maximum absolute atomic E-state index is 12.4. The second-order valence-electron chi connectivity index (χ2n) is 4.26. The first kappa shape index (κ1) is 12.8. The van der Waals surface area contributed by atoms with Gasteiger partial charge in [-0.05, 0) is 24.3 Å². The van der Waals surface area contributed by atoms with E-state index in [4.69, 9.17) is 0 Å². The van der Waals surface area contributed by atoms with E-state index in [1.54, 1.807) is 24.5 Å². The summed E-state index contributed by atoms with van der Waals surface area (Å²) < 4.78 is 0. The van der Waals surface area contributed by atoms with Crippen molar-refractivity contribution in [3.05, 3.63) is 70.2 Å². The molecule has 102 valence electrons. The Labute approximate surface area is 118 Å². The topological polar surface area (TPSA) is 98.9 Å². The number of hydrogen-bond acceptors (Lipinski definition) is 6. The van der Waals surface area contributed by atoms with Gasteiger partial charge in [-0.25, -0.2) is 0 Å². The summed E-state index contributed by atoms with van der Waals surface area (Å²) in [6, 6.07) is 8.70. The van der Waals surface area contributed by atoms with E-state index < -0.39 is 4.92 Å². The molecule has 0 N–H and O–H groups in total. The molecule has 7 nitrogen and oxygen atoms in total. The number of hydrogen-bond donors (Lipinski definition) is 0. The van der Waals surface area contributed by atoms with E-state index in [9.17, 15) is 14.9 Å². The molecule has 0 bridgehead atoms. The number of carbonyl (C=O) groups is 1. The van der Waals surface area contributed by atoms with Crippen LogP contribution in [0.4, 0.5) is 5.69 Å². The maximum Gasteiger partial charge on any atom is 0.269 e. The number of fused-ring (bicyclic) bond motifs is 1. The summed E-state index contributed by atoms with van der Waals surface area (Å²) in [5.74, 6) is -0.335. The second-order valence-corrected chi connectivity index (χ2v) is 4.26. The lowest BCUT2D eigenvalue weighted by molar-refractivity contribution is -0.384. The minimum absolute atomic E-state index is 0.0689. The zero-order valence-corrected chi connectivity index (χ0v) is 10.6. The van der Waals surface area contributed by atoms with Crippen molar-refractivity contribution in [1.29, 1.82) is 0 Å². The molecule has 2 aliphatic heterocycles. The predicted octanol–water partition coefficient (Wildman–Crippen LogP) is 2.12. The molecule has 0 spiro atoms. The van der Waals surface area contributed by atoms with Crippen LogP contribution in [0.15, 0.2) is 48.8 Å². The zero-order chi connectivity index (χ0) is 14.8. The molecule has 0 amide bonds. The molecule has 2 heterocycles. The van der Waals surface area contributed by atoms with Crippen LogP contribution >= 0.6 is 0 Å². The summed E-state index contributed by atoms with van der Waals surface area (Å²) in [4.78, 5) is 26.5. The fourth-order valence-electron chi connectivity index (χ4n) is 1.94. The number of nitrogens with zero attached hydrogens (tertiary/aromatic N) is 4. The smallest absolute Gasteiger partial charge is 0.269 e. The van der Waals surface area contributed by atoms with Crippen molar-refractivity contribution < 1.29 is 9.72 Å². The Morgan fingerprint density at radius 2 is 1.71 bits per heavy atom. The zero-order valence-electron chi connectivity index (χ0n) is 10.6. The summed E-state index contributed by atoms with van der Waals surface area (Å²) in [5.41, 5.74) is 1.62. The van der Waals surface area contributed by atoms with Crippen LogP contribution in [-0.2, 0) is 0 Å². The highest BCUT2D eigenvalue weighted by molar-refractivity contribution is 6.11. The summed E-state index contributed by atoms with van der Waals surface area (Å²) in [7, 11) is 0. The minimum atomic E-state index is -0.516. The van der Waals surface area contributed by atoms with Gasteiger partial charge < -0.3 is 0 Å². The molecule has 21 heavy (non-hydrogen) atoms. The van der Waals surface area contributed by atoms with Gasteiger partial charge in [0.1, 0.15) is 5.69 Å². The number of non-ortho nitro benzene ring substituents is 1. The van der Waals surface area contributed by atoms with Crippen LogP contribution in [0.25, 0.3) is 11.3 Å². The van der Waals surface area contributed by atoms with Crippen LogP contribution in [0.5, 0.6) is 0 Å². The number of ketones is 1. The molecule has 0 aromatic heterocycles. The van der Waals surface area contributed by atoms with Gasteiger partial charge in [-0.3, -0.25) is 19.9 Å². The maximum atomic E-state index is 12.4. The van der Waals surface area contributed by atoms with Crippen molar-refractivity contribution in [2.24, 2.45) is 0 Å². The molecule has 0 saturated carbocycles. The predicted molar refractivity (Wildman–Crippen MR) is 73.0 cm³/mol. The van der Waals surface area contributed by atoms with Crippen LogP contribution in [0.1, 0.15) is 16.1 Å². The number of nitro benzene ring substituents is 1. The van der Waals surface area contributed by atoms with Gasteiger partial charge in [0, 0.05) is 35.7 Å². The van der Waals surface area contributed by atoms with E-state index in [2.05, 4.69) is 15.2 Å². The number of carbonyl (C=O) groups excluding carboxylic acids is 1. The number of aromatic nitrogens is 3. The average molecular weight is 280 g/mol. The van der Waals surface area contributed by atoms with Gasteiger partial charge in [-0.2, -0.15) is 0 Å². The lowest BCUT2D eigenvalue weighted by atomic mass is 10.0. The Bertz CT molecular complexity index is 802.